The molecular formula is C28H42NO12P. The minimum atomic E-state index is -4.00. The third-order valence-electron chi connectivity index (χ3n) is 5.99. The van der Waals surface area contributed by atoms with Gasteiger partial charge in [0.05, 0.1) is 13.2 Å². The molecule has 236 valence electrons. The summed E-state index contributed by atoms with van der Waals surface area (Å²) in [6.45, 7) is 10.1. The smallest absolute Gasteiger partial charge is 0.351 e. The summed E-state index contributed by atoms with van der Waals surface area (Å²) in [7, 11) is -4.00. The maximum absolute atomic E-state index is 14.4. The molecule has 1 heterocycles. The van der Waals surface area contributed by atoms with Crippen LogP contribution in [0.1, 0.15) is 71.3 Å². The average Bonchev–Trinajstić information content (AvgIpc) is 2.90. The van der Waals surface area contributed by atoms with Crippen LogP contribution in [0, 0.1) is 6.92 Å². The van der Waals surface area contributed by atoms with Crippen molar-refractivity contribution in [2.24, 2.45) is 0 Å². The van der Waals surface area contributed by atoms with Crippen LogP contribution >= 0.6 is 7.60 Å². The Balaban J connectivity index is 2.71. The average molecular weight is 616 g/mol. The summed E-state index contributed by atoms with van der Waals surface area (Å²) in [5.74, 6) is -4.04. The van der Waals surface area contributed by atoms with Crippen molar-refractivity contribution in [3.05, 3.63) is 35.4 Å². The highest BCUT2D eigenvalue weighted by molar-refractivity contribution is 7.54. The summed E-state index contributed by atoms with van der Waals surface area (Å²) in [5, 5.41) is 3.16. The van der Waals surface area contributed by atoms with Gasteiger partial charge in [-0.2, -0.15) is 0 Å². The number of rotatable bonds is 15. The molecule has 0 aromatic heterocycles. The second-order valence-electron chi connectivity index (χ2n) is 9.81. The van der Waals surface area contributed by atoms with Gasteiger partial charge in [0.15, 0.2) is 12.2 Å². The fraction of sp³-hybridized carbons (Fsp3) is 0.643. The minimum absolute atomic E-state index is 0.119. The van der Waals surface area contributed by atoms with Gasteiger partial charge >= 0.3 is 31.5 Å². The van der Waals surface area contributed by atoms with Gasteiger partial charge in [-0.15, -0.1) is 0 Å². The molecule has 0 spiro atoms. The second kappa shape index (κ2) is 16.7. The molecule has 1 aliphatic rings. The van der Waals surface area contributed by atoms with Gasteiger partial charge in [0.1, 0.15) is 24.5 Å². The highest BCUT2D eigenvalue weighted by Crippen LogP contribution is 2.60. The fourth-order valence-corrected chi connectivity index (χ4v) is 6.41. The molecule has 1 aliphatic heterocycles. The highest BCUT2D eigenvalue weighted by atomic mass is 31.2. The number of ether oxygens (including phenoxy) is 5. The Kier molecular flexibility index (Phi) is 14.1. The first-order chi connectivity index (χ1) is 19.8. The van der Waals surface area contributed by atoms with Gasteiger partial charge in [-0.25, -0.2) is 0 Å². The van der Waals surface area contributed by atoms with E-state index in [-0.39, 0.29) is 13.2 Å². The van der Waals surface area contributed by atoms with E-state index in [1.54, 1.807) is 12.1 Å². The first-order valence-corrected chi connectivity index (χ1v) is 15.4. The van der Waals surface area contributed by atoms with Crippen molar-refractivity contribution >= 4 is 31.5 Å². The maximum Gasteiger partial charge on any atom is 0.351 e. The van der Waals surface area contributed by atoms with Crippen LogP contribution in [0.25, 0.3) is 0 Å². The molecule has 1 aromatic rings. The Bertz CT molecular complexity index is 1100. The van der Waals surface area contributed by atoms with Crippen molar-refractivity contribution in [2.45, 2.75) is 97.7 Å². The number of hydrogen-bond donors (Lipinski definition) is 1. The Morgan fingerprint density at radius 1 is 0.833 bits per heavy atom. The normalized spacial score (nSPS) is 23.0. The number of benzene rings is 1. The number of carbonyl (C=O) groups is 4. The lowest BCUT2D eigenvalue weighted by atomic mass is 9.95. The van der Waals surface area contributed by atoms with E-state index in [2.05, 4.69) is 5.32 Å². The van der Waals surface area contributed by atoms with Gasteiger partial charge in [-0.1, -0.05) is 43.7 Å². The zero-order chi connectivity index (χ0) is 31.4. The SMILES string of the molecule is CCCOP(=O)(OCCC)[C@@H](N[C@H]1[C@H](OC(C)=O)O[C@H](COC(C)=O)[C@@H](OC(C)=O)[C@@H]1OC(C)=O)c1ccc(C)cc1. The van der Waals surface area contributed by atoms with E-state index in [1.807, 2.05) is 32.9 Å². The molecule has 13 nitrogen and oxygen atoms in total. The molecule has 0 bridgehead atoms. The van der Waals surface area contributed by atoms with Crippen LogP contribution in [-0.4, -0.2) is 74.3 Å². The molecule has 14 heteroatoms. The molecule has 0 amide bonds. The number of aryl methyl sites for hydroxylation is 1. The van der Waals surface area contributed by atoms with Crippen molar-refractivity contribution in [1.29, 1.82) is 0 Å². The largest absolute Gasteiger partial charge is 0.463 e. The standard InChI is InChI=1S/C28H42NO12P/c1-8-14-36-42(34,37-15-9-2)27(22-12-10-17(3)11-13-22)29-24-26(39-20(6)32)25(38-19(5)31)23(16-35-18(4)30)41-28(24)40-21(7)33/h10-13,23-29H,8-9,14-16H2,1-7H3/t23-,24-,25-,26-,27-,28-/m1/s1. The van der Waals surface area contributed by atoms with Crippen molar-refractivity contribution in [3.63, 3.8) is 0 Å². The number of esters is 4. The summed E-state index contributed by atoms with van der Waals surface area (Å²) in [6.07, 6.45) is -4.25. The Hall–Kier alpha value is -2.83. The summed E-state index contributed by atoms with van der Waals surface area (Å²) in [5.41, 5.74) is 1.45. The summed E-state index contributed by atoms with van der Waals surface area (Å²) in [6, 6.07) is 5.85. The van der Waals surface area contributed by atoms with Crippen molar-refractivity contribution in [3.8, 4) is 0 Å². The highest BCUT2D eigenvalue weighted by Gasteiger charge is 2.54. The predicted molar refractivity (Wildman–Crippen MR) is 149 cm³/mol. The van der Waals surface area contributed by atoms with Gasteiger partial charge < -0.3 is 32.7 Å². The van der Waals surface area contributed by atoms with Gasteiger partial charge in [-0.3, -0.25) is 29.1 Å². The first kappa shape index (κ1) is 35.4. The lowest BCUT2D eigenvalue weighted by Gasteiger charge is -2.46. The Morgan fingerprint density at radius 3 is 1.83 bits per heavy atom. The molecule has 1 aromatic carbocycles. The molecule has 1 saturated heterocycles. The molecule has 42 heavy (non-hydrogen) atoms. The minimum Gasteiger partial charge on any atom is -0.463 e. The molecule has 0 radical (unpaired) electrons. The molecule has 2 rings (SSSR count). The van der Waals surface area contributed by atoms with E-state index in [9.17, 15) is 23.7 Å². The van der Waals surface area contributed by atoms with E-state index < -0.39 is 74.5 Å². The number of hydrogen-bond acceptors (Lipinski definition) is 13. The molecule has 0 aliphatic carbocycles. The van der Waals surface area contributed by atoms with Gasteiger partial charge in [0, 0.05) is 27.7 Å². The predicted octanol–water partition coefficient (Wildman–Crippen LogP) is 3.71. The molecular weight excluding hydrogens is 573 g/mol. The quantitative estimate of drug-likeness (QED) is 0.173. The van der Waals surface area contributed by atoms with E-state index in [4.69, 9.17) is 32.7 Å². The monoisotopic (exact) mass is 615 g/mol. The van der Waals surface area contributed by atoms with Crippen molar-refractivity contribution in [1.82, 2.24) is 5.32 Å². The van der Waals surface area contributed by atoms with Crippen LogP contribution in [0.2, 0.25) is 0 Å². The van der Waals surface area contributed by atoms with E-state index >= 15 is 0 Å². The van der Waals surface area contributed by atoms with Crippen LogP contribution < -0.4 is 5.32 Å². The van der Waals surface area contributed by atoms with Gasteiger partial charge in [0.25, 0.3) is 0 Å². The molecule has 0 unspecified atom stereocenters. The van der Waals surface area contributed by atoms with Crippen LogP contribution in [0.15, 0.2) is 24.3 Å². The zero-order valence-electron chi connectivity index (χ0n) is 25.2. The topological polar surface area (TPSA) is 162 Å². The molecule has 6 atom stereocenters. The summed E-state index contributed by atoms with van der Waals surface area (Å²) in [4.78, 5) is 48.2. The van der Waals surface area contributed by atoms with Gasteiger partial charge in [0.2, 0.25) is 6.29 Å². The van der Waals surface area contributed by atoms with Crippen LogP contribution in [0.4, 0.5) is 0 Å². The lowest BCUT2D eigenvalue weighted by molar-refractivity contribution is -0.272. The Labute approximate surface area is 246 Å². The third-order valence-corrected chi connectivity index (χ3v) is 8.16. The lowest BCUT2D eigenvalue weighted by Crippen LogP contribution is -2.66. The van der Waals surface area contributed by atoms with E-state index in [1.165, 1.54) is 6.92 Å². The fourth-order valence-electron chi connectivity index (χ4n) is 4.27. The molecule has 0 saturated carbocycles. The third kappa shape index (κ3) is 10.5. The second-order valence-corrected chi connectivity index (χ2v) is 11.9. The zero-order valence-corrected chi connectivity index (χ0v) is 26.0. The van der Waals surface area contributed by atoms with Crippen LogP contribution in [-0.2, 0) is 56.5 Å². The Morgan fingerprint density at radius 2 is 1.36 bits per heavy atom. The first-order valence-electron chi connectivity index (χ1n) is 13.8. The summed E-state index contributed by atoms with van der Waals surface area (Å²) >= 11 is 0. The van der Waals surface area contributed by atoms with E-state index in [0.717, 1.165) is 26.3 Å². The van der Waals surface area contributed by atoms with Crippen molar-refractivity contribution in [2.75, 3.05) is 19.8 Å². The van der Waals surface area contributed by atoms with Crippen molar-refractivity contribution < 1.29 is 56.5 Å². The number of nitrogens with one attached hydrogen (secondary N) is 1. The molecule has 1 N–H and O–H groups in total. The van der Waals surface area contributed by atoms with E-state index in [0.29, 0.717) is 18.4 Å². The van der Waals surface area contributed by atoms with Gasteiger partial charge in [-0.05, 0) is 25.3 Å². The van der Waals surface area contributed by atoms with Crippen LogP contribution in [0.5, 0.6) is 0 Å². The van der Waals surface area contributed by atoms with Crippen LogP contribution in [0.3, 0.4) is 0 Å². The number of carbonyl (C=O) groups excluding carboxylic acids is 4. The summed E-state index contributed by atoms with van der Waals surface area (Å²) < 4.78 is 53.8. The maximum atomic E-state index is 14.4. The molecule has 1 fully saturated rings.